The molecule has 0 saturated carbocycles. The molecule has 0 aliphatic carbocycles. The van der Waals surface area contributed by atoms with Crippen molar-refractivity contribution in [2.45, 2.75) is 12.1 Å². The molecule has 0 spiro atoms. The van der Waals surface area contributed by atoms with E-state index in [9.17, 15) is 0 Å². The van der Waals surface area contributed by atoms with Gasteiger partial charge in [-0.2, -0.15) is 11.8 Å². The average Bonchev–Trinajstić information content (AvgIpc) is 2.41. The number of methoxy groups -OCH3 is 1. The van der Waals surface area contributed by atoms with Crippen molar-refractivity contribution in [2.24, 2.45) is 5.84 Å². The zero-order valence-electron chi connectivity index (χ0n) is 10.2. The molecule has 1 fully saturated rings. The minimum Gasteiger partial charge on any atom is -0.496 e. The van der Waals surface area contributed by atoms with Crippen molar-refractivity contribution in [2.75, 3.05) is 25.2 Å². The first-order chi connectivity index (χ1) is 8.76. The van der Waals surface area contributed by atoms with Crippen LogP contribution in [0, 0.1) is 0 Å². The minimum atomic E-state index is -0.119. The Hall–Kier alpha value is -0.460. The fourth-order valence-corrected chi connectivity index (χ4v) is 3.13. The lowest BCUT2D eigenvalue weighted by Gasteiger charge is -2.30. The lowest BCUT2D eigenvalue weighted by Crippen LogP contribution is -2.41. The molecule has 2 rings (SSSR count). The van der Waals surface area contributed by atoms with Crippen molar-refractivity contribution in [1.29, 1.82) is 0 Å². The highest BCUT2D eigenvalue weighted by Crippen LogP contribution is 2.32. The fraction of sp³-hybridized carbons (Fsp3) is 0.500. The van der Waals surface area contributed by atoms with Crippen LogP contribution in [0.2, 0.25) is 5.02 Å². The third kappa shape index (κ3) is 3.10. The van der Waals surface area contributed by atoms with Crippen molar-refractivity contribution in [3.63, 3.8) is 0 Å². The Bertz CT molecular complexity index is 400. The molecule has 1 aromatic carbocycles. The summed E-state index contributed by atoms with van der Waals surface area (Å²) in [5.74, 6) is 8.37. The molecule has 0 aromatic heterocycles. The highest BCUT2D eigenvalue weighted by atomic mass is 35.5. The molecular weight excluding hydrogens is 272 g/mol. The van der Waals surface area contributed by atoms with Gasteiger partial charge in [-0.05, 0) is 18.2 Å². The van der Waals surface area contributed by atoms with Crippen molar-refractivity contribution < 1.29 is 9.47 Å². The van der Waals surface area contributed by atoms with Gasteiger partial charge >= 0.3 is 0 Å². The summed E-state index contributed by atoms with van der Waals surface area (Å²) in [6.07, 6.45) is 0.0288. The summed E-state index contributed by atoms with van der Waals surface area (Å²) in [7, 11) is 1.64. The maximum atomic E-state index is 6.04. The van der Waals surface area contributed by atoms with E-state index in [1.54, 1.807) is 13.2 Å². The summed E-state index contributed by atoms with van der Waals surface area (Å²) < 4.78 is 11.1. The molecule has 1 heterocycles. The zero-order valence-corrected chi connectivity index (χ0v) is 11.8. The molecular formula is C12H17ClN2O2S. The van der Waals surface area contributed by atoms with Gasteiger partial charge in [0.05, 0.1) is 25.9 Å². The number of hydrazine groups is 1. The van der Waals surface area contributed by atoms with Crippen LogP contribution in [0.3, 0.4) is 0 Å². The van der Waals surface area contributed by atoms with E-state index >= 15 is 0 Å². The van der Waals surface area contributed by atoms with Crippen LogP contribution < -0.4 is 16.0 Å². The van der Waals surface area contributed by atoms with Gasteiger partial charge in [0.2, 0.25) is 0 Å². The van der Waals surface area contributed by atoms with Crippen molar-refractivity contribution in [3.05, 3.63) is 28.8 Å². The molecule has 6 heteroatoms. The van der Waals surface area contributed by atoms with Gasteiger partial charge in [-0.15, -0.1) is 0 Å². The molecule has 1 aliphatic rings. The first kappa shape index (κ1) is 14.0. The summed E-state index contributed by atoms with van der Waals surface area (Å²) in [5, 5.41) is 0.662. The normalized spacial score (nSPS) is 21.6. The first-order valence-electron chi connectivity index (χ1n) is 5.75. The van der Waals surface area contributed by atoms with E-state index in [4.69, 9.17) is 26.9 Å². The minimum absolute atomic E-state index is 0.0288. The van der Waals surface area contributed by atoms with E-state index in [2.05, 4.69) is 5.43 Å². The Labute approximate surface area is 116 Å². The maximum absolute atomic E-state index is 6.04. The van der Waals surface area contributed by atoms with E-state index in [1.165, 1.54) is 0 Å². The molecule has 100 valence electrons. The number of hydrogen-bond donors (Lipinski definition) is 2. The van der Waals surface area contributed by atoms with E-state index in [-0.39, 0.29) is 12.1 Å². The van der Waals surface area contributed by atoms with Crippen LogP contribution in [0.25, 0.3) is 0 Å². The Morgan fingerprint density at radius 3 is 3.06 bits per heavy atom. The lowest BCUT2D eigenvalue weighted by atomic mass is 10.0. The summed E-state index contributed by atoms with van der Waals surface area (Å²) in [4.78, 5) is 0. The monoisotopic (exact) mass is 288 g/mol. The van der Waals surface area contributed by atoms with E-state index in [0.717, 1.165) is 29.4 Å². The summed E-state index contributed by atoms with van der Waals surface area (Å²) in [6.45, 7) is 0.746. The fourth-order valence-electron chi connectivity index (χ4n) is 2.04. The second-order valence-electron chi connectivity index (χ2n) is 4.01. The molecule has 0 bridgehead atoms. The van der Waals surface area contributed by atoms with Gasteiger partial charge in [0, 0.05) is 22.1 Å². The van der Waals surface area contributed by atoms with Crippen molar-refractivity contribution >= 4 is 23.4 Å². The summed E-state index contributed by atoms with van der Waals surface area (Å²) in [6, 6.07) is 5.39. The Balaban J connectivity index is 2.27. The third-order valence-corrected chi connectivity index (χ3v) is 4.17. The second kappa shape index (κ2) is 6.63. The highest BCUT2D eigenvalue weighted by Gasteiger charge is 2.27. The van der Waals surface area contributed by atoms with Crippen LogP contribution in [-0.4, -0.2) is 31.3 Å². The number of hydrogen-bond acceptors (Lipinski definition) is 5. The van der Waals surface area contributed by atoms with Crippen LogP contribution in [-0.2, 0) is 4.74 Å². The number of rotatable bonds is 4. The van der Waals surface area contributed by atoms with Crippen molar-refractivity contribution in [1.82, 2.24) is 5.43 Å². The summed E-state index contributed by atoms with van der Waals surface area (Å²) in [5.41, 5.74) is 3.74. The highest BCUT2D eigenvalue weighted by molar-refractivity contribution is 7.99. The van der Waals surface area contributed by atoms with Gasteiger partial charge in [0.15, 0.2) is 0 Å². The van der Waals surface area contributed by atoms with Gasteiger partial charge in [0.25, 0.3) is 0 Å². The van der Waals surface area contributed by atoms with Crippen LogP contribution in [0.15, 0.2) is 18.2 Å². The molecule has 4 nitrogen and oxygen atoms in total. The number of benzene rings is 1. The topological polar surface area (TPSA) is 56.5 Å². The Morgan fingerprint density at radius 2 is 2.44 bits per heavy atom. The molecule has 18 heavy (non-hydrogen) atoms. The molecule has 2 atom stereocenters. The van der Waals surface area contributed by atoms with Crippen molar-refractivity contribution in [3.8, 4) is 5.75 Å². The second-order valence-corrected chi connectivity index (χ2v) is 5.60. The molecule has 1 saturated heterocycles. The quantitative estimate of drug-likeness (QED) is 0.655. The average molecular weight is 289 g/mol. The number of thioether (sulfide) groups is 1. The van der Waals surface area contributed by atoms with Crippen LogP contribution in [0.4, 0.5) is 0 Å². The third-order valence-electron chi connectivity index (χ3n) is 2.92. The predicted octanol–water partition coefficient (Wildman–Crippen LogP) is 1.99. The first-order valence-corrected chi connectivity index (χ1v) is 7.28. The van der Waals surface area contributed by atoms with E-state index < -0.39 is 0 Å². The van der Waals surface area contributed by atoms with Crippen LogP contribution in [0.5, 0.6) is 5.75 Å². The van der Waals surface area contributed by atoms with E-state index in [0.29, 0.717) is 5.02 Å². The molecule has 2 unspecified atom stereocenters. The van der Waals surface area contributed by atoms with E-state index in [1.807, 2.05) is 23.9 Å². The lowest BCUT2D eigenvalue weighted by molar-refractivity contribution is 0.0461. The number of halogens is 1. The summed E-state index contributed by atoms with van der Waals surface area (Å²) >= 11 is 7.91. The molecule has 1 aromatic rings. The predicted molar refractivity (Wildman–Crippen MR) is 75.1 cm³/mol. The van der Waals surface area contributed by atoms with Gasteiger partial charge in [-0.3, -0.25) is 11.3 Å². The Morgan fingerprint density at radius 1 is 1.61 bits per heavy atom. The number of nitrogens with two attached hydrogens (primary N) is 1. The molecule has 1 aliphatic heterocycles. The molecule has 3 N–H and O–H groups in total. The maximum Gasteiger partial charge on any atom is 0.123 e. The van der Waals surface area contributed by atoms with Gasteiger partial charge in [-0.1, -0.05) is 11.6 Å². The zero-order chi connectivity index (χ0) is 13.0. The van der Waals surface area contributed by atoms with Crippen LogP contribution in [0.1, 0.15) is 11.6 Å². The van der Waals surface area contributed by atoms with Gasteiger partial charge in [-0.25, -0.2) is 0 Å². The molecule has 0 amide bonds. The smallest absolute Gasteiger partial charge is 0.123 e. The molecule has 0 radical (unpaired) electrons. The van der Waals surface area contributed by atoms with Gasteiger partial charge in [0.1, 0.15) is 5.75 Å². The Kier molecular flexibility index (Phi) is 5.14. The number of nitrogens with one attached hydrogen (secondary N) is 1. The van der Waals surface area contributed by atoms with Crippen LogP contribution >= 0.6 is 23.4 Å². The van der Waals surface area contributed by atoms with Gasteiger partial charge < -0.3 is 9.47 Å². The standard InChI is InChI=1S/C12H17ClN2O2S/c1-16-10-3-2-8(13)6-9(10)12(15-14)11-7-18-5-4-17-11/h2-3,6,11-12,15H,4-5,7,14H2,1H3. The number of ether oxygens (including phenoxy) is 2. The SMILES string of the molecule is COc1ccc(Cl)cc1C(NN)C1CSCCO1. The largest absolute Gasteiger partial charge is 0.496 e.